The van der Waals surface area contributed by atoms with E-state index in [1.807, 2.05) is 20.8 Å². The third-order valence-corrected chi connectivity index (χ3v) is 4.09. The molecule has 1 aliphatic heterocycles. The first kappa shape index (κ1) is 19.8. The molecule has 0 spiro atoms. The zero-order chi connectivity index (χ0) is 19.1. The van der Waals surface area contributed by atoms with Crippen molar-refractivity contribution < 1.29 is 19.1 Å². The second kappa shape index (κ2) is 9.28. The van der Waals surface area contributed by atoms with E-state index in [1.165, 1.54) is 4.90 Å². The number of amides is 3. The van der Waals surface area contributed by atoms with E-state index < -0.39 is 6.04 Å². The number of likely N-dealkylation sites (tertiary alicyclic amines) is 1. The fourth-order valence-electron chi connectivity index (χ4n) is 2.85. The van der Waals surface area contributed by atoms with Crippen molar-refractivity contribution in [3.05, 3.63) is 30.1 Å². The van der Waals surface area contributed by atoms with Crippen molar-refractivity contribution >= 4 is 17.7 Å². The van der Waals surface area contributed by atoms with Crippen LogP contribution in [0.3, 0.4) is 0 Å². The summed E-state index contributed by atoms with van der Waals surface area (Å²) in [5, 5.41) is 5.64. The monoisotopic (exact) mass is 362 g/mol. The average molecular weight is 362 g/mol. The number of likely N-dealkylation sites (N-methyl/N-ethyl adjacent to an activating group) is 1. The zero-order valence-electron chi connectivity index (χ0n) is 15.4. The Morgan fingerprint density at radius 1 is 1.31 bits per heavy atom. The van der Waals surface area contributed by atoms with E-state index in [9.17, 15) is 14.4 Å². The van der Waals surface area contributed by atoms with E-state index >= 15 is 0 Å². The molecule has 0 radical (unpaired) electrons. The predicted molar refractivity (Wildman–Crippen MR) is 95.4 cm³/mol. The van der Waals surface area contributed by atoms with Gasteiger partial charge in [0, 0.05) is 37.1 Å². The molecule has 26 heavy (non-hydrogen) atoms. The lowest BCUT2D eigenvalue weighted by Gasteiger charge is -2.24. The van der Waals surface area contributed by atoms with Crippen molar-refractivity contribution in [1.29, 1.82) is 0 Å². The van der Waals surface area contributed by atoms with E-state index in [0.717, 1.165) is 0 Å². The Bertz CT molecular complexity index is 635. The van der Waals surface area contributed by atoms with Gasteiger partial charge in [-0.1, -0.05) is 0 Å². The van der Waals surface area contributed by atoms with Crippen molar-refractivity contribution in [2.24, 2.45) is 0 Å². The normalized spacial score (nSPS) is 19.5. The highest BCUT2D eigenvalue weighted by Crippen LogP contribution is 2.19. The molecule has 0 unspecified atom stereocenters. The number of nitrogens with one attached hydrogen (secondary N) is 2. The summed E-state index contributed by atoms with van der Waals surface area (Å²) >= 11 is 0. The Morgan fingerprint density at radius 2 is 2.00 bits per heavy atom. The van der Waals surface area contributed by atoms with Crippen LogP contribution in [0.4, 0.5) is 0 Å². The van der Waals surface area contributed by atoms with Crippen LogP contribution in [-0.2, 0) is 14.3 Å². The fourth-order valence-corrected chi connectivity index (χ4v) is 2.85. The Hall–Kier alpha value is -2.48. The molecule has 3 amide bonds. The summed E-state index contributed by atoms with van der Waals surface area (Å²) in [6.45, 7) is 6.18. The Labute approximate surface area is 153 Å². The standard InChI is InChI=1S/C18H26N4O4/c1-4-20-18(25)15-9-14(10-22(15)16(23)11-26-12(2)3)21-17(24)13-5-7-19-8-6-13/h5-8,12,14-15H,4,9-11H2,1-3H3,(H,20,25)(H,21,24)/t14-,15-/m0/s1. The molecule has 1 aromatic heterocycles. The number of pyridine rings is 1. The van der Waals surface area contributed by atoms with Gasteiger partial charge in [-0.15, -0.1) is 0 Å². The largest absolute Gasteiger partial charge is 0.369 e. The van der Waals surface area contributed by atoms with E-state index in [0.29, 0.717) is 18.5 Å². The van der Waals surface area contributed by atoms with Crippen LogP contribution in [-0.4, -0.2) is 65.5 Å². The summed E-state index contributed by atoms with van der Waals surface area (Å²) in [5.74, 6) is -0.721. The molecule has 2 atom stereocenters. The first-order valence-electron chi connectivity index (χ1n) is 8.82. The second-order valence-corrected chi connectivity index (χ2v) is 6.46. The first-order valence-corrected chi connectivity index (χ1v) is 8.82. The van der Waals surface area contributed by atoms with Crippen LogP contribution in [0.2, 0.25) is 0 Å². The number of aromatic nitrogens is 1. The average Bonchev–Trinajstić information content (AvgIpc) is 3.04. The van der Waals surface area contributed by atoms with Gasteiger partial charge in [-0.05, 0) is 39.3 Å². The van der Waals surface area contributed by atoms with Crippen LogP contribution >= 0.6 is 0 Å². The second-order valence-electron chi connectivity index (χ2n) is 6.46. The number of carbonyl (C=O) groups excluding carboxylic acids is 3. The molecule has 1 aromatic rings. The Kier molecular flexibility index (Phi) is 7.08. The molecule has 8 heteroatoms. The van der Waals surface area contributed by atoms with Gasteiger partial charge in [0.25, 0.3) is 5.91 Å². The van der Waals surface area contributed by atoms with Crippen molar-refractivity contribution in [3.8, 4) is 0 Å². The maximum Gasteiger partial charge on any atom is 0.251 e. The van der Waals surface area contributed by atoms with E-state index in [1.54, 1.807) is 24.5 Å². The molecule has 2 N–H and O–H groups in total. The minimum Gasteiger partial charge on any atom is -0.369 e. The SMILES string of the molecule is CCNC(=O)[C@@H]1C[C@H](NC(=O)c2ccncc2)CN1C(=O)COC(C)C. The van der Waals surface area contributed by atoms with Crippen molar-refractivity contribution in [2.45, 2.75) is 45.4 Å². The minimum absolute atomic E-state index is 0.0772. The van der Waals surface area contributed by atoms with Gasteiger partial charge in [0.2, 0.25) is 11.8 Å². The van der Waals surface area contributed by atoms with Crippen LogP contribution in [0, 0.1) is 0 Å². The minimum atomic E-state index is -0.610. The molecule has 8 nitrogen and oxygen atoms in total. The lowest BCUT2D eigenvalue weighted by molar-refractivity contribution is -0.143. The zero-order valence-corrected chi connectivity index (χ0v) is 15.4. The summed E-state index contributed by atoms with van der Waals surface area (Å²) < 4.78 is 5.37. The van der Waals surface area contributed by atoms with Gasteiger partial charge in [-0.3, -0.25) is 19.4 Å². The van der Waals surface area contributed by atoms with Gasteiger partial charge in [0.15, 0.2) is 0 Å². The summed E-state index contributed by atoms with van der Waals surface area (Å²) in [7, 11) is 0. The molecule has 142 valence electrons. The van der Waals surface area contributed by atoms with Crippen LogP contribution in [0.15, 0.2) is 24.5 Å². The van der Waals surface area contributed by atoms with Gasteiger partial charge >= 0.3 is 0 Å². The topological polar surface area (TPSA) is 101 Å². The molecule has 0 aliphatic carbocycles. The molecular formula is C18H26N4O4. The number of ether oxygens (including phenoxy) is 1. The number of nitrogens with zero attached hydrogens (tertiary/aromatic N) is 2. The summed E-state index contributed by atoms with van der Waals surface area (Å²) in [6.07, 6.45) is 3.38. The van der Waals surface area contributed by atoms with Gasteiger partial charge in [-0.2, -0.15) is 0 Å². The van der Waals surface area contributed by atoms with Crippen LogP contribution in [0.1, 0.15) is 37.6 Å². The van der Waals surface area contributed by atoms with Crippen molar-refractivity contribution in [1.82, 2.24) is 20.5 Å². The van der Waals surface area contributed by atoms with Gasteiger partial charge in [0.1, 0.15) is 12.6 Å². The Balaban J connectivity index is 2.05. The van der Waals surface area contributed by atoms with Gasteiger partial charge < -0.3 is 20.3 Å². The number of rotatable bonds is 7. The van der Waals surface area contributed by atoms with Crippen LogP contribution in [0.25, 0.3) is 0 Å². The van der Waals surface area contributed by atoms with Crippen LogP contribution in [0.5, 0.6) is 0 Å². The molecule has 1 aliphatic rings. The summed E-state index contributed by atoms with van der Waals surface area (Å²) in [5.41, 5.74) is 0.488. The van der Waals surface area contributed by atoms with Gasteiger partial charge in [0.05, 0.1) is 6.10 Å². The molecular weight excluding hydrogens is 336 g/mol. The number of hydrogen-bond acceptors (Lipinski definition) is 5. The third kappa shape index (κ3) is 5.26. The van der Waals surface area contributed by atoms with Crippen molar-refractivity contribution in [3.63, 3.8) is 0 Å². The molecule has 1 fully saturated rings. The quantitative estimate of drug-likeness (QED) is 0.729. The predicted octanol–water partition coefficient (Wildman–Crippen LogP) is 0.342. The lowest BCUT2D eigenvalue weighted by atomic mass is 10.1. The molecule has 2 heterocycles. The number of carbonyl (C=O) groups is 3. The van der Waals surface area contributed by atoms with E-state index in [4.69, 9.17) is 4.74 Å². The summed E-state index contributed by atoms with van der Waals surface area (Å²) in [6, 6.07) is 2.32. The number of hydrogen-bond donors (Lipinski definition) is 2. The molecule has 2 rings (SSSR count). The highest BCUT2D eigenvalue weighted by atomic mass is 16.5. The lowest BCUT2D eigenvalue weighted by Crippen LogP contribution is -2.47. The fraction of sp³-hybridized carbons (Fsp3) is 0.556. The third-order valence-electron chi connectivity index (χ3n) is 4.09. The highest BCUT2D eigenvalue weighted by Gasteiger charge is 2.40. The van der Waals surface area contributed by atoms with E-state index in [2.05, 4.69) is 15.6 Å². The molecule has 0 saturated carbocycles. The highest BCUT2D eigenvalue weighted by molar-refractivity contribution is 5.94. The summed E-state index contributed by atoms with van der Waals surface area (Å²) in [4.78, 5) is 42.5. The maximum absolute atomic E-state index is 12.5. The maximum atomic E-state index is 12.5. The van der Waals surface area contributed by atoms with Crippen molar-refractivity contribution in [2.75, 3.05) is 19.7 Å². The molecule has 1 saturated heterocycles. The van der Waals surface area contributed by atoms with E-state index in [-0.39, 0.29) is 43.0 Å². The molecule has 0 bridgehead atoms. The first-order chi connectivity index (χ1) is 12.4. The van der Waals surface area contributed by atoms with Crippen LogP contribution < -0.4 is 10.6 Å². The molecule has 0 aromatic carbocycles. The Morgan fingerprint density at radius 3 is 2.62 bits per heavy atom. The smallest absolute Gasteiger partial charge is 0.251 e. The van der Waals surface area contributed by atoms with Gasteiger partial charge in [-0.25, -0.2) is 0 Å².